The van der Waals surface area contributed by atoms with Crippen molar-refractivity contribution < 1.29 is 13.8 Å². The number of rotatable bonds is 9. The van der Waals surface area contributed by atoms with Crippen LogP contribution in [-0.4, -0.2) is 58.4 Å². The fourth-order valence-corrected chi connectivity index (χ4v) is 7.07. The van der Waals surface area contributed by atoms with Crippen LogP contribution in [0.15, 0.2) is 48.7 Å². The molecule has 0 saturated carbocycles. The van der Waals surface area contributed by atoms with Crippen molar-refractivity contribution >= 4 is 51.7 Å². The number of hydrogen-bond donors (Lipinski definition) is 1. The highest BCUT2D eigenvalue weighted by molar-refractivity contribution is 7.70. The predicted molar refractivity (Wildman–Crippen MR) is 171 cm³/mol. The maximum absolute atomic E-state index is 12.9. The number of hydrogen-bond acceptors (Lipinski definition) is 8. The largest absolute Gasteiger partial charge is 0.416 e. The van der Waals surface area contributed by atoms with Crippen molar-refractivity contribution in [3.8, 4) is 17.3 Å². The van der Waals surface area contributed by atoms with Gasteiger partial charge < -0.3 is 23.9 Å². The predicted octanol–water partition coefficient (Wildman–Crippen LogP) is 5.92. The van der Waals surface area contributed by atoms with E-state index in [9.17, 15) is 14.6 Å². The Balaban J connectivity index is 1.76. The van der Waals surface area contributed by atoms with E-state index in [1.165, 1.54) is 7.41 Å². The molecule has 8 nitrogen and oxygen atoms in total. The number of nitriles is 1. The monoisotopic (exact) mass is 586 g/mol. The van der Waals surface area contributed by atoms with Crippen molar-refractivity contribution in [3.05, 3.63) is 59.8 Å². The average molecular weight is 587 g/mol. The number of carbonyl (C=O) groups is 1. The smallest absolute Gasteiger partial charge is 0.329 e. The highest BCUT2D eigenvalue weighted by Gasteiger charge is 2.44. The summed E-state index contributed by atoms with van der Waals surface area (Å²) in [6, 6.07) is 15.4. The molecule has 1 N–H and O–H groups in total. The van der Waals surface area contributed by atoms with Crippen molar-refractivity contribution in [2.75, 3.05) is 36.6 Å². The Morgan fingerprint density at radius 1 is 1.24 bits per heavy atom. The van der Waals surface area contributed by atoms with Crippen LogP contribution in [0.4, 0.5) is 17.3 Å². The maximum Gasteiger partial charge on any atom is 0.329 e. The van der Waals surface area contributed by atoms with E-state index in [2.05, 4.69) is 63.2 Å². The molecule has 2 aromatic carbocycles. The molecule has 213 valence electrons. The molecule has 0 spiro atoms. The lowest BCUT2D eigenvalue weighted by molar-refractivity contribution is 0.219. The molecule has 0 unspecified atom stereocenters. The number of benzene rings is 2. The van der Waals surface area contributed by atoms with E-state index in [1.807, 2.05) is 29.1 Å². The average Bonchev–Trinajstić information content (AvgIpc) is 3.18. The van der Waals surface area contributed by atoms with Crippen LogP contribution in [0.25, 0.3) is 11.3 Å². The van der Waals surface area contributed by atoms with Gasteiger partial charge in [-0.15, -0.1) is 0 Å². The summed E-state index contributed by atoms with van der Waals surface area (Å²) < 4.78 is 19.5. The summed E-state index contributed by atoms with van der Waals surface area (Å²) >= 11 is 0. The SMILES string of the molecule is CC(C)(C)[Si](C)(C)OC[C@@]1(C)CN([B]C=O)c2c(C#N)cc(-c3ccnc(Nc4ccccc4P(C)(C)=O)n3)cc21. The molecule has 0 aliphatic carbocycles. The topological polar surface area (TPSA) is 108 Å². The van der Waals surface area contributed by atoms with E-state index in [-0.39, 0.29) is 5.04 Å². The van der Waals surface area contributed by atoms with Gasteiger partial charge in [0, 0.05) is 41.3 Å². The molecule has 11 heteroatoms. The molecule has 4 rings (SSSR count). The summed E-state index contributed by atoms with van der Waals surface area (Å²) in [4.78, 5) is 22.6. The molecule has 1 atom stereocenters. The van der Waals surface area contributed by atoms with Crippen LogP contribution >= 0.6 is 7.14 Å². The number of nitrogens with one attached hydrogen (secondary N) is 1. The second kappa shape index (κ2) is 11.2. The number of nitrogens with zero attached hydrogens (tertiary/aromatic N) is 4. The van der Waals surface area contributed by atoms with Crippen molar-refractivity contribution in [1.82, 2.24) is 9.97 Å². The zero-order valence-corrected chi connectivity index (χ0v) is 27.0. The summed E-state index contributed by atoms with van der Waals surface area (Å²) in [7, 11) is -3.10. The van der Waals surface area contributed by atoms with E-state index >= 15 is 0 Å². The van der Waals surface area contributed by atoms with Crippen LogP contribution in [-0.2, 0) is 19.2 Å². The second-order valence-corrected chi connectivity index (χ2v) is 20.8. The third-order valence-corrected chi connectivity index (χ3v) is 14.2. The first-order valence-electron chi connectivity index (χ1n) is 13.6. The Hall–Kier alpha value is -3.25. The minimum atomic E-state index is -2.53. The van der Waals surface area contributed by atoms with Gasteiger partial charge in [-0.05, 0) is 67.4 Å². The van der Waals surface area contributed by atoms with Crippen LogP contribution in [0.2, 0.25) is 18.1 Å². The zero-order valence-electron chi connectivity index (χ0n) is 25.1. The highest BCUT2D eigenvalue weighted by atomic mass is 31.2. The van der Waals surface area contributed by atoms with Crippen molar-refractivity contribution in [2.24, 2.45) is 0 Å². The Morgan fingerprint density at radius 3 is 2.59 bits per heavy atom. The zero-order chi connectivity index (χ0) is 30.2. The number of para-hydroxylation sites is 1. The maximum atomic E-state index is 12.9. The highest BCUT2D eigenvalue weighted by Crippen LogP contribution is 2.46. The van der Waals surface area contributed by atoms with E-state index in [1.54, 1.807) is 31.7 Å². The van der Waals surface area contributed by atoms with Gasteiger partial charge in [-0.25, -0.2) is 9.97 Å². The summed E-state index contributed by atoms with van der Waals surface area (Å²) in [5, 5.41) is 14.2. The van der Waals surface area contributed by atoms with E-state index < -0.39 is 20.9 Å². The molecule has 2 heterocycles. The minimum absolute atomic E-state index is 0.0470. The lowest BCUT2D eigenvalue weighted by atomic mass is 9.83. The molecule has 1 radical (unpaired) electrons. The number of carbonyl (C=O) groups excluding carboxylic acids is 1. The number of aromatic nitrogens is 2. The molecule has 1 aromatic heterocycles. The molecule has 1 aliphatic heterocycles. The van der Waals surface area contributed by atoms with Gasteiger partial charge in [0.15, 0.2) is 8.32 Å². The van der Waals surface area contributed by atoms with Crippen molar-refractivity contribution in [2.45, 2.75) is 51.2 Å². The second-order valence-electron chi connectivity index (χ2n) is 12.8. The van der Waals surface area contributed by atoms with E-state index in [4.69, 9.17) is 9.41 Å². The molecule has 0 amide bonds. The molecule has 0 bridgehead atoms. The lowest BCUT2D eigenvalue weighted by Crippen LogP contribution is -2.46. The molecule has 41 heavy (non-hydrogen) atoms. The quantitative estimate of drug-likeness (QED) is 0.187. The number of fused-ring (bicyclic) bond motifs is 1. The first-order chi connectivity index (χ1) is 19.1. The normalized spacial score (nSPS) is 17.1. The fraction of sp³-hybridized carbons (Fsp3) is 0.400. The van der Waals surface area contributed by atoms with Gasteiger partial charge in [-0.3, -0.25) is 0 Å². The van der Waals surface area contributed by atoms with Gasteiger partial charge in [0.1, 0.15) is 19.4 Å². The standard InChI is InChI=1S/C30H38BN5O3PSi/c1-29(2,3)41(7,8)39-19-30(4)18-36(31-20-37)27-22(17-32)15-21(16-23(27)30)24-13-14-33-28(34-24)35-25-11-9-10-12-26(25)40(5,6)38/h9-16,20H,18-19H2,1-8H3,(H,33,34,35)/t30-/m1/s1. The third kappa shape index (κ3) is 6.33. The van der Waals surface area contributed by atoms with Crippen molar-refractivity contribution in [3.63, 3.8) is 0 Å². The van der Waals surface area contributed by atoms with Gasteiger partial charge in [0.2, 0.25) is 5.95 Å². The van der Waals surface area contributed by atoms with Gasteiger partial charge in [0.25, 0.3) is 0 Å². The van der Waals surface area contributed by atoms with Gasteiger partial charge in [-0.1, -0.05) is 39.8 Å². The summed E-state index contributed by atoms with van der Waals surface area (Å²) in [6.07, 6.45) is 2.42. The van der Waals surface area contributed by atoms with Crippen molar-refractivity contribution in [1.29, 1.82) is 5.26 Å². The molecular formula is C30H38BN5O3PSi. The molecule has 0 fully saturated rings. The number of anilines is 3. The van der Waals surface area contributed by atoms with E-state index in [0.717, 1.165) is 28.3 Å². The van der Waals surface area contributed by atoms with E-state index in [0.29, 0.717) is 36.0 Å². The lowest BCUT2D eigenvalue weighted by Gasteiger charge is -2.39. The molecule has 0 saturated heterocycles. The summed E-state index contributed by atoms with van der Waals surface area (Å²) in [5.41, 5.74) is 3.78. The van der Waals surface area contributed by atoms with Crippen LogP contribution in [0, 0.1) is 11.3 Å². The van der Waals surface area contributed by atoms with Crippen LogP contribution in [0.3, 0.4) is 0 Å². The first kappa shape index (κ1) is 30.7. The molecule has 3 aromatic rings. The molecular weight excluding hydrogens is 548 g/mol. The Labute approximate surface area is 245 Å². The van der Waals surface area contributed by atoms with Crippen LogP contribution < -0.4 is 15.4 Å². The van der Waals surface area contributed by atoms with Crippen LogP contribution in [0.5, 0.6) is 0 Å². The third-order valence-electron chi connectivity index (χ3n) is 8.17. The summed E-state index contributed by atoms with van der Waals surface area (Å²) in [6.45, 7) is 17.7. The summed E-state index contributed by atoms with van der Waals surface area (Å²) in [5.74, 6) is 0.363. The minimum Gasteiger partial charge on any atom is -0.416 e. The van der Waals surface area contributed by atoms with Gasteiger partial charge in [-0.2, -0.15) is 5.26 Å². The van der Waals surface area contributed by atoms with Gasteiger partial charge in [0.05, 0.1) is 16.9 Å². The Bertz CT molecular complexity index is 1560. The van der Waals surface area contributed by atoms with Crippen LogP contribution in [0.1, 0.15) is 38.8 Å². The molecule has 1 aliphatic rings. The Kier molecular flexibility index (Phi) is 8.39. The van der Waals surface area contributed by atoms with Gasteiger partial charge >= 0.3 is 7.41 Å². The fourth-order valence-electron chi connectivity index (χ4n) is 4.81. The Morgan fingerprint density at radius 2 is 1.95 bits per heavy atom. The first-order valence-corrected chi connectivity index (χ1v) is 19.1.